The van der Waals surface area contributed by atoms with Crippen molar-refractivity contribution in [2.45, 2.75) is 42.4 Å². The molecule has 1 aliphatic rings. The number of benzene rings is 1. The highest BCUT2D eigenvalue weighted by atomic mass is 32.2. The largest absolute Gasteiger partial charge is 0.360 e. The predicted octanol–water partition coefficient (Wildman–Crippen LogP) is 2.84. The summed E-state index contributed by atoms with van der Waals surface area (Å²) >= 11 is 2.95. The van der Waals surface area contributed by atoms with Crippen molar-refractivity contribution in [3.63, 3.8) is 0 Å². The minimum atomic E-state index is -0.180. The number of amides is 1. The zero-order chi connectivity index (χ0) is 18.4. The Morgan fingerprint density at radius 3 is 2.96 bits per heavy atom. The summed E-state index contributed by atoms with van der Waals surface area (Å²) in [5.41, 5.74) is 1.32. The summed E-state index contributed by atoms with van der Waals surface area (Å²) in [6.07, 6.45) is 0.999. The number of carbonyl (C=O) groups is 1. The van der Waals surface area contributed by atoms with E-state index >= 15 is 0 Å². The van der Waals surface area contributed by atoms with Crippen LogP contribution in [0.25, 0.3) is 0 Å². The van der Waals surface area contributed by atoms with Crippen LogP contribution in [-0.4, -0.2) is 51.9 Å². The lowest BCUT2D eigenvalue weighted by Crippen LogP contribution is -2.40. The third-order valence-electron chi connectivity index (χ3n) is 4.25. The first-order valence-electron chi connectivity index (χ1n) is 8.94. The quantitative estimate of drug-likeness (QED) is 0.675. The lowest BCUT2D eigenvalue weighted by molar-refractivity contribution is -0.120. The fourth-order valence-electron chi connectivity index (χ4n) is 2.94. The third kappa shape index (κ3) is 5.43. The number of hydrogen-bond donors (Lipinski definition) is 2. The van der Waals surface area contributed by atoms with Crippen molar-refractivity contribution in [1.82, 2.24) is 20.4 Å². The minimum Gasteiger partial charge on any atom is -0.360 e. The van der Waals surface area contributed by atoms with Gasteiger partial charge in [-0.05, 0) is 25.8 Å². The van der Waals surface area contributed by atoms with Crippen LogP contribution in [-0.2, 0) is 11.3 Å². The Kier molecular flexibility index (Phi) is 6.87. The van der Waals surface area contributed by atoms with Gasteiger partial charge < -0.3 is 10.6 Å². The van der Waals surface area contributed by atoms with E-state index in [1.54, 1.807) is 0 Å². The lowest BCUT2D eigenvalue weighted by Gasteiger charge is -2.18. The molecule has 1 fully saturated rings. The molecule has 1 aromatic heterocycles. The summed E-state index contributed by atoms with van der Waals surface area (Å²) in [6.45, 7) is 7.62. The van der Waals surface area contributed by atoms with Crippen molar-refractivity contribution in [3.05, 3.63) is 35.9 Å². The van der Waals surface area contributed by atoms with Gasteiger partial charge in [-0.25, -0.2) is 0 Å². The highest BCUT2D eigenvalue weighted by Crippen LogP contribution is 2.29. The van der Waals surface area contributed by atoms with Gasteiger partial charge in [-0.3, -0.25) is 9.69 Å². The number of thioether (sulfide) groups is 1. The van der Waals surface area contributed by atoms with E-state index in [9.17, 15) is 4.79 Å². The molecule has 2 heterocycles. The van der Waals surface area contributed by atoms with Crippen molar-refractivity contribution >= 4 is 34.1 Å². The van der Waals surface area contributed by atoms with Crippen LogP contribution in [0, 0.1) is 0 Å². The fourth-order valence-corrected chi connectivity index (χ4v) is 4.91. The molecule has 1 amide bonds. The van der Waals surface area contributed by atoms with Gasteiger partial charge in [0.25, 0.3) is 0 Å². The van der Waals surface area contributed by atoms with Crippen molar-refractivity contribution in [2.75, 3.05) is 25.0 Å². The predicted molar refractivity (Wildman–Crippen MR) is 108 cm³/mol. The Labute approximate surface area is 162 Å². The maximum absolute atomic E-state index is 12.5. The van der Waals surface area contributed by atoms with Crippen LogP contribution in [0.4, 0.5) is 5.13 Å². The van der Waals surface area contributed by atoms with Gasteiger partial charge in [0.15, 0.2) is 4.34 Å². The van der Waals surface area contributed by atoms with Crippen LogP contribution in [0.15, 0.2) is 34.7 Å². The van der Waals surface area contributed by atoms with Crippen molar-refractivity contribution in [2.24, 2.45) is 0 Å². The maximum Gasteiger partial charge on any atom is 0.233 e. The topological polar surface area (TPSA) is 70.1 Å². The van der Waals surface area contributed by atoms with Crippen LogP contribution < -0.4 is 10.6 Å². The molecule has 1 saturated heterocycles. The average molecular weight is 392 g/mol. The first-order valence-corrected chi connectivity index (χ1v) is 10.6. The van der Waals surface area contributed by atoms with E-state index < -0.39 is 0 Å². The summed E-state index contributed by atoms with van der Waals surface area (Å²) in [5, 5.41) is 15.1. The second-order valence-electron chi connectivity index (χ2n) is 6.38. The SMILES string of the molecule is CCNc1nnc(SC(C)C(=O)NC2CCN(Cc3ccccc3)C2)s1. The number of nitrogens with zero attached hydrogens (tertiary/aromatic N) is 3. The molecule has 2 atom stereocenters. The summed E-state index contributed by atoms with van der Waals surface area (Å²) in [7, 11) is 0. The van der Waals surface area contributed by atoms with E-state index in [1.165, 1.54) is 28.7 Å². The number of rotatable bonds is 8. The molecule has 2 aromatic rings. The second kappa shape index (κ2) is 9.34. The molecular formula is C18H25N5OS2. The Balaban J connectivity index is 1.44. The van der Waals surface area contributed by atoms with Crippen molar-refractivity contribution in [1.29, 1.82) is 0 Å². The Hall–Kier alpha value is -1.64. The summed E-state index contributed by atoms with van der Waals surface area (Å²) < 4.78 is 0.820. The van der Waals surface area contributed by atoms with E-state index in [1.807, 2.05) is 19.9 Å². The maximum atomic E-state index is 12.5. The average Bonchev–Trinajstić information content (AvgIpc) is 3.25. The molecule has 1 aromatic carbocycles. The molecule has 140 valence electrons. The van der Waals surface area contributed by atoms with Crippen LogP contribution in [0.5, 0.6) is 0 Å². The second-order valence-corrected chi connectivity index (χ2v) is 8.94. The van der Waals surface area contributed by atoms with Gasteiger partial charge in [0.05, 0.1) is 5.25 Å². The van der Waals surface area contributed by atoms with Gasteiger partial charge in [0, 0.05) is 32.2 Å². The van der Waals surface area contributed by atoms with E-state index in [0.717, 1.165) is 42.1 Å². The standard InChI is InChI=1S/C18H25N5OS2/c1-3-19-17-21-22-18(26-17)25-13(2)16(24)20-15-9-10-23(12-15)11-14-7-5-4-6-8-14/h4-8,13,15H,3,9-12H2,1-2H3,(H,19,21)(H,20,24). The normalized spacial score (nSPS) is 18.6. The molecule has 0 radical (unpaired) electrons. The molecule has 8 heteroatoms. The third-order valence-corrected chi connectivity index (χ3v) is 6.31. The molecule has 3 rings (SSSR count). The van der Waals surface area contributed by atoms with Gasteiger partial charge in [-0.2, -0.15) is 0 Å². The highest BCUT2D eigenvalue weighted by molar-refractivity contribution is 8.02. The van der Waals surface area contributed by atoms with Crippen molar-refractivity contribution in [3.8, 4) is 0 Å². The molecule has 0 spiro atoms. The highest BCUT2D eigenvalue weighted by Gasteiger charge is 2.26. The summed E-state index contributed by atoms with van der Waals surface area (Å²) in [6, 6.07) is 10.7. The number of anilines is 1. The summed E-state index contributed by atoms with van der Waals surface area (Å²) in [5.74, 6) is 0.0711. The Bertz CT molecular complexity index is 709. The van der Waals surface area contributed by atoms with Crippen LogP contribution in [0.3, 0.4) is 0 Å². The Morgan fingerprint density at radius 1 is 1.38 bits per heavy atom. The van der Waals surface area contributed by atoms with E-state index in [-0.39, 0.29) is 17.2 Å². The lowest BCUT2D eigenvalue weighted by atomic mass is 10.2. The van der Waals surface area contributed by atoms with E-state index in [2.05, 4.69) is 50.0 Å². The molecule has 2 N–H and O–H groups in total. The fraction of sp³-hybridized carbons (Fsp3) is 0.500. The molecule has 0 aliphatic carbocycles. The number of carbonyl (C=O) groups excluding carboxylic acids is 1. The Morgan fingerprint density at radius 2 is 2.19 bits per heavy atom. The molecule has 1 aliphatic heterocycles. The van der Waals surface area contributed by atoms with Crippen LogP contribution in [0.1, 0.15) is 25.8 Å². The van der Waals surface area contributed by atoms with E-state index in [4.69, 9.17) is 0 Å². The molecule has 26 heavy (non-hydrogen) atoms. The number of nitrogens with one attached hydrogen (secondary N) is 2. The summed E-state index contributed by atoms with van der Waals surface area (Å²) in [4.78, 5) is 14.9. The first kappa shape index (κ1) is 19.1. The molecule has 0 bridgehead atoms. The van der Waals surface area contributed by atoms with Gasteiger partial charge in [-0.15, -0.1) is 10.2 Å². The zero-order valence-electron chi connectivity index (χ0n) is 15.1. The van der Waals surface area contributed by atoms with Crippen molar-refractivity contribution < 1.29 is 4.79 Å². The van der Waals surface area contributed by atoms with Gasteiger partial charge in [0.2, 0.25) is 11.0 Å². The number of aromatic nitrogens is 2. The van der Waals surface area contributed by atoms with Gasteiger partial charge in [-0.1, -0.05) is 53.4 Å². The van der Waals surface area contributed by atoms with Gasteiger partial charge >= 0.3 is 0 Å². The van der Waals surface area contributed by atoms with Crippen LogP contribution >= 0.6 is 23.1 Å². The number of likely N-dealkylation sites (tertiary alicyclic amines) is 1. The van der Waals surface area contributed by atoms with E-state index in [0.29, 0.717) is 0 Å². The molecule has 2 unspecified atom stereocenters. The number of hydrogen-bond acceptors (Lipinski definition) is 7. The smallest absolute Gasteiger partial charge is 0.233 e. The minimum absolute atomic E-state index is 0.0711. The molecule has 0 saturated carbocycles. The molecular weight excluding hydrogens is 366 g/mol. The van der Waals surface area contributed by atoms with Crippen LogP contribution in [0.2, 0.25) is 0 Å². The molecule has 6 nitrogen and oxygen atoms in total. The monoisotopic (exact) mass is 391 g/mol. The van der Waals surface area contributed by atoms with Gasteiger partial charge in [0.1, 0.15) is 0 Å². The first-order chi connectivity index (χ1) is 12.6. The zero-order valence-corrected chi connectivity index (χ0v) is 16.8.